The van der Waals surface area contributed by atoms with Crippen molar-refractivity contribution in [2.45, 2.75) is 25.8 Å². The molecule has 2 rings (SSSR count). The third-order valence-electron chi connectivity index (χ3n) is 4.54. The van der Waals surface area contributed by atoms with Crippen molar-refractivity contribution in [2.24, 2.45) is 0 Å². The van der Waals surface area contributed by atoms with Crippen LogP contribution in [0.1, 0.15) is 19.4 Å². The summed E-state index contributed by atoms with van der Waals surface area (Å²) in [5, 5.41) is 0.244. The highest BCUT2D eigenvalue weighted by Gasteiger charge is 2.19. The summed E-state index contributed by atoms with van der Waals surface area (Å²) < 4.78 is 29.7. The fourth-order valence-corrected chi connectivity index (χ4v) is 4.00. The Morgan fingerprint density at radius 1 is 1.17 bits per heavy atom. The van der Waals surface area contributed by atoms with Crippen LogP contribution in [0.5, 0.6) is 0 Å². The second-order valence-electron chi connectivity index (χ2n) is 6.45. The number of ether oxygens (including phenoxy) is 1. The second kappa shape index (κ2) is 9.93. The number of halogens is 1. The van der Waals surface area contributed by atoms with E-state index < -0.39 is 15.9 Å². The molecular weight excluding hydrogens is 414 g/mol. The molecule has 0 fully saturated rings. The summed E-state index contributed by atoms with van der Waals surface area (Å²) in [5.41, 5.74) is 2.71. The zero-order valence-corrected chi connectivity index (χ0v) is 18.6. The van der Waals surface area contributed by atoms with Crippen LogP contribution in [0.3, 0.4) is 0 Å². The van der Waals surface area contributed by atoms with Gasteiger partial charge in [0.15, 0.2) is 14.9 Å². The lowest BCUT2D eigenvalue weighted by molar-refractivity contribution is 0.162. The predicted molar refractivity (Wildman–Crippen MR) is 116 cm³/mol. The van der Waals surface area contributed by atoms with Crippen LogP contribution in [-0.2, 0) is 14.6 Å². The van der Waals surface area contributed by atoms with E-state index in [4.69, 9.17) is 16.3 Å². The molecule has 0 atom stereocenters. The minimum absolute atomic E-state index is 0.103. The number of anilines is 2. The predicted octanol–water partition coefficient (Wildman–Crippen LogP) is 3.94. The molecule has 7 nitrogen and oxygen atoms in total. The van der Waals surface area contributed by atoms with Gasteiger partial charge >= 0.3 is 6.09 Å². The molecule has 1 aromatic heterocycles. The Kier molecular flexibility index (Phi) is 7.87. The van der Waals surface area contributed by atoms with Gasteiger partial charge < -0.3 is 9.64 Å². The Bertz CT molecular complexity index is 945. The molecule has 0 saturated carbocycles. The molecule has 1 heterocycles. The molecule has 158 valence electrons. The molecule has 0 bridgehead atoms. The summed E-state index contributed by atoms with van der Waals surface area (Å²) in [6, 6.07) is 8.61. The van der Waals surface area contributed by atoms with E-state index in [1.807, 2.05) is 25.1 Å². The fourth-order valence-electron chi connectivity index (χ4n) is 2.89. The molecule has 2 aromatic rings. The zero-order valence-electron chi connectivity index (χ0n) is 17.1. The standard InChI is InChI=1S/C20H26ClN3O4S/c1-5-24(6-2)17-8-9-18(15(3)13-17)23(4)20(25)28-11-12-29(26,27)19-10-7-16(21)14-22-19/h7-10,13-14H,5-6,11-12H2,1-4H3. The van der Waals surface area contributed by atoms with Crippen LogP contribution in [0, 0.1) is 6.92 Å². The van der Waals surface area contributed by atoms with Crippen molar-refractivity contribution >= 4 is 38.9 Å². The maximum Gasteiger partial charge on any atom is 0.414 e. The molecule has 0 N–H and O–H groups in total. The van der Waals surface area contributed by atoms with E-state index in [1.165, 1.54) is 23.2 Å². The largest absolute Gasteiger partial charge is 0.448 e. The van der Waals surface area contributed by atoms with Gasteiger partial charge in [0.2, 0.25) is 0 Å². The zero-order chi connectivity index (χ0) is 21.6. The number of sulfone groups is 1. The highest BCUT2D eigenvalue weighted by Crippen LogP contribution is 2.25. The highest BCUT2D eigenvalue weighted by molar-refractivity contribution is 7.91. The molecular formula is C20H26ClN3O4S. The molecule has 0 spiro atoms. The van der Waals surface area contributed by atoms with Gasteiger partial charge in [0.25, 0.3) is 0 Å². The Hall–Kier alpha value is -2.32. The van der Waals surface area contributed by atoms with E-state index in [0.29, 0.717) is 10.7 Å². The van der Waals surface area contributed by atoms with Gasteiger partial charge in [-0.3, -0.25) is 4.90 Å². The second-order valence-corrected chi connectivity index (χ2v) is 8.94. The summed E-state index contributed by atoms with van der Waals surface area (Å²) >= 11 is 5.72. The fraction of sp³-hybridized carbons (Fsp3) is 0.400. The van der Waals surface area contributed by atoms with Gasteiger partial charge in [-0.2, -0.15) is 0 Å². The molecule has 9 heteroatoms. The lowest BCUT2D eigenvalue weighted by atomic mass is 10.1. The van der Waals surface area contributed by atoms with E-state index in [0.717, 1.165) is 24.3 Å². The Balaban J connectivity index is 1.99. The number of amides is 1. The minimum Gasteiger partial charge on any atom is -0.448 e. The first-order chi connectivity index (χ1) is 13.7. The summed E-state index contributed by atoms with van der Waals surface area (Å²) in [6.45, 7) is 7.61. The number of rotatable bonds is 8. The van der Waals surface area contributed by atoms with Gasteiger partial charge in [-0.15, -0.1) is 0 Å². The van der Waals surface area contributed by atoms with Gasteiger partial charge in [-0.1, -0.05) is 11.6 Å². The lowest BCUT2D eigenvalue weighted by Crippen LogP contribution is -2.29. The SMILES string of the molecule is CCN(CC)c1ccc(N(C)C(=O)OCCS(=O)(=O)c2ccc(Cl)cn2)c(C)c1. The number of carbonyl (C=O) groups excluding carboxylic acids is 1. The number of aromatic nitrogens is 1. The van der Waals surface area contributed by atoms with Crippen molar-refractivity contribution in [3.05, 3.63) is 47.1 Å². The average Bonchev–Trinajstić information content (AvgIpc) is 2.68. The maximum absolute atomic E-state index is 12.4. The van der Waals surface area contributed by atoms with Gasteiger partial charge in [-0.05, 0) is 56.7 Å². The number of benzene rings is 1. The van der Waals surface area contributed by atoms with Gasteiger partial charge in [0, 0.05) is 37.7 Å². The Labute approximate surface area is 177 Å². The normalized spacial score (nSPS) is 11.2. The van der Waals surface area contributed by atoms with E-state index in [-0.39, 0.29) is 17.4 Å². The number of carbonyl (C=O) groups is 1. The van der Waals surface area contributed by atoms with Crippen molar-refractivity contribution in [1.82, 2.24) is 4.98 Å². The van der Waals surface area contributed by atoms with Crippen LogP contribution >= 0.6 is 11.6 Å². The van der Waals surface area contributed by atoms with E-state index in [2.05, 4.69) is 23.7 Å². The molecule has 0 saturated heterocycles. The number of hydrogen-bond donors (Lipinski definition) is 0. The first-order valence-electron chi connectivity index (χ1n) is 9.30. The number of hydrogen-bond acceptors (Lipinski definition) is 6. The molecule has 0 radical (unpaired) electrons. The first-order valence-corrected chi connectivity index (χ1v) is 11.3. The molecule has 1 amide bonds. The Morgan fingerprint density at radius 3 is 2.41 bits per heavy atom. The van der Waals surface area contributed by atoms with Crippen molar-refractivity contribution in [3.8, 4) is 0 Å². The van der Waals surface area contributed by atoms with Gasteiger partial charge in [0.05, 0.1) is 10.8 Å². The summed E-state index contributed by atoms with van der Waals surface area (Å²) in [7, 11) is -2.07. The van der Waals surface area contributed by atoms with Crippen LogP contribution in [0.4, 0.5) is 16.2 Å². The molecule has 29 heavy (non-hydrogen) atoms. The van der Waals surface area contributed by atoms with E-state index >= 15 is 0 Å². The topological polar surface area (TPSA) is 79.8 Å². The summed E-state index contributed by atoms with van der Waals surface area (Å²) in [5.74, 6) is -0.360. The minimum atomic E-state index is -3.66. The van der Waals surface area contributed by atoms with Crippen molar-refractivity contribution in [1.29, 1.82) is 0 Å². The highest BCUT2D eigenvalue weighted by atomic mass is 35.5. The molecule has 1 aromatic carbocycles. The molecule has 0 aliphatic heterocycles. The van der Waals surface area contributed by atoms with Crippen molar-refractivity contribution < 1.29 is 17.9 Å². The van der Waals surface area contributed by atoms with Crippen LogP contribution in [0.2, 0.25) is 5.02 Å². The average molecular weight is 440 g/mol. The summed E-state index contributed by atoms with van der Waals surface area (Å²) in [6.07, 6.45) is 0.641. The van der Waals surface area contributed by atoms with Crippen LogP contribution < -0.4 is 9.80 Å². The number of pyridine rings is 1. The quantitative estimate of drug-likeness (QED) is 0.619. The van der Waals surface area contributed by atoms with E-state index in [1.54, 1.807) is 7.05 Å². The van der Waals surface area contributed by atoms with Gasteiger partial charge in [-0.25, -0.2) is 18.2 Å². The van der Waals surface area contributed by atoms with Crippen LogP contribution in [0.15, 0.2) is 41.6 Å². The van der Waals surface area contributed by atoms with Crippen molar-refractivity contribution in [2.75, 3.05) is 42.3 Å². The monoisotopic (exact) mass is 439 g/mol. The molecule has 0 aliphatic rings. The van der Waals surface area contributed by atoms with Crippen LogP contribution in [-0.4, -0.2) is 52.0 Å². The molecule has 0 aliphatic carbocycles. The molecule has 0 unspecified atom stereocenters. The van der Waals surface area contributed by atoms with Crippen LogP contribution in [0.25, 0.3) is 0 Å². The number of aryl methyl sites for hydroxylation is 1. The first kappa shape index (κ1) is 23.0. The van der Waals surface area contributed by atoms with E-state index in [9.17, 15) is 13.2 Å². The third kappa shape index (κ3) is 5.83. The lowest BCUT2D eigenvalue weighted by Gasteiger charge is -2.24. The number of nitrogens with zero attached hydrogens (tertiary/aromatic N) is 3. The smallest absolute Gasteiger partial charge is 0.414 e. The van der Waals surface area contributed by atoms with Crippen molar-refractivity contribution in [3.63, 3.8) is 0 Å². The third-order valence-corrected chi connectivity index (χ3v) is 6.35. The Morgan fingerprint density at radius 2 is 1.86 bits per heavy atom. The maximum atomic E-state index is 12.4. The van der Waals surface area contributed by atoms with Gasteiger partial charge in [0.1, 0.15) is 6.61 Å². The summed E-state index contributed by atoms with van der Waals surface area (Å²) in [4.78, 5) is 19.7.